The van der Waals surface area contributed by atoms with Crippen LogP contribution in [0.15, 0.2) is 41.7 Å². The van der Waals surface area contributed by atoms with Gasteiger partial charge in [-0.2, -0.15) is 4.31 Å². The minimum atomic E-state index is -3.73. The number of fused-ring (bicyclic) bond motifs is 2. The Morgan fingerprint density at radius 2 is 1.90 bits per heavy atom. The summed E-state index contributed by atoms with van der Waals surface area (Å²) in [6, 6.07) is 7.63. The topological polar surface area (TPSA) is 127 Å². The molecule has 40 heavy (non-hydrogen) atoms. The maximum atomic E-state index is 13.4. The summed E-state index contributed by atoms with van der Waals surface area (Å²) in [7, 11) is -3.73. The zero-order valence-corrected chi connectivity index (χ0v) is 23.8. The van der Waals surface area contributed by atoms with Crippen LogP contribution in [0.25, 0.3) is 11.1 Å². The molecular weight excluding hydrogens is 526 g/mol. The van der Waals surface area contributed by atoms with Gasteiger partial charge in [0.15, 0.2) is 0 Å². The number of ether oxygens (including phenoxy) is 1. The highest BCUT2D eigenvalue weighted by molar-refractivity contribution is 7.89. The van der Waals surface area contributed by atoms with Crippen LogP contribution in [0, 0.1) is 10.8 Å². The summed E-state index contributed by atoms with van der Waals surface area (Å²) in [5, 5.41) is 3.24. The smallest absolute Gasteiger partial charge is 0.246 e. The molecule has 1 aliphatic carbocycles. The number of nitrogens with one attached hydrogen (secondary N) is 1. The first-order chi connectivity index (χ1) is 19.1. The summed E-state index contributed by atoms with van der Waals surface area (Å²) in [5.41, 5.74) is 11.4. The van der Waals surface area contributed by atoms with E-state index >= 15 is 0 Å². The lowest BCUT2D eigenvalue weighted by molar-refractivity contribution is 0.0164. The lowest BCUT2D eigenvalue weighted by Crippen LogP contribution is -2.71. The van der Waals surface area contributed by atoms with Crippen LogP contribution in [0.5, 0.6) is 5.75 Å². The highest BCUT2D eigenvalue weighted by atomic mass is 32.2. The van der Waals surface area contributed by atoms with Crippen LogP contribution >= 0.6 is 0 Å². The van der Waals surface area contributed by atoms with Crippen molar-refractivity contribution >= 4 is 21.7 Å². The van der Waals surface area contributed by atoms with Crippen molar-refractivity contribution in [2.75, 3.05) is 50.0 Å². The molecule has 11 heteroatoms. The Kier molecular flexibility index (Phi) is 5.85. The maximum Gasteiger partial charge on any atom is 0.246 e. The first-order valence-corrected chi connectivity index (χ1v) is 15.4. The fraction of sp³-hybridized carbons (Fsp3) is 0.483. The van der Waals surface area contributed by atoms with Crippen LogP contribution in [0.1, 0.15) is 37.1 Å². The molecule has 1 spiro atoms. The normalized spacial score (nSPS) is 21.4. The van der Waals surface area contributed by atoms with E-state index in [0.29, 0.717) is 38.3 Å². The van der Waals surface area contributed by atoms with Crippen molar-refractivity contribution in [2.24, 2.45) is 10.8 Å². The van der Waals surface area contributed by atoms with E-state index in [-0.39, 0.29) is 21.5 Å². The van der Waals surface area contributed by atoms with Crippen molar-refractivity contribution in [3.05, 3.63) is 53.6 Å². The average Bonchev–Trinajstić information content (AvgIpc) is 3.08. The summed E-state index contributed by atoms with van der Waals surface area (Å²) < 4.78 is 34.5. The van der Waals surface area contributed by atoms with E-state index in [2.05, 4.69) is 40.1 Å². The monoisotopic (exact) mass is 561 g/mol. The standard InChI is InChI=1S/C29H35N7O3S/c1-28(2)6-5-23-22(11-28)27(34-18-33-23)35-7-8-39-24-4-3-19(9-21(24)13-35)20-10-25(26(30)32-12-20)40(37,38)36-16-29(17-36)14-31-15-29/h3-4,9-10,12,18,31H,5-8,11,13-17H2,1-2H3,(H2,30,32). The second-order valence-electron chi connectivity index (χ2n) is 12.5. The van der Waals surface area contributed by atoms with E-state index in [4.69, 9.17) is 15.5 Å². The van der Waals surface area contributed by atoms with E-state index in [1.54, 1.807) is 18.6 Å². The van der Waals surface area contributed by atoms with Gasteiger partial charge < -0.3 is 20.7 Å². The molecule has 0 saturated carbocycles. The van der Waals surface area contributed by atoms with Crippen molar-refractivity contribution < 1.29 is 13.2 Å². The lowest BCUT2D eigenvalue weighted by Gasteiger charge is -2.55. The molecule has 7 rings (SSSR count). The second-order valence-corrected chi connectivity index (χ2v) is 14.4. The van der Waals surface area contributed by atoms with Gasteiger partial charge in [-0.25, -0.2) is 23.4 Å². The van der Waals surface area contributed by atoms with Crippen LogP contribution in [-0.4, -0.2) is 67.0 Å². The molecule has 4 aliphatic rings. The van der Waals surface area contributed by atoms with Gasteiger partial charge in [0, 0.05) is 66.7 Å². The molecule has 2 fully saturated rings. The average molecular weight is 562 g/mol. The predicted molar refractivity (Wildman–Crippen MR) is 153 cm³/mol. The van der Waals surface area contributed by atoms with Gasteiger partial charge in [0.25, 0.3) is 0 Å². The highest BCUT2D eigenvalue weighted by Gasteiger charge is 2.52. The molecule has 0 bridgehead atoms. The summed E-state index contributed by atoms with van der Waals surface area (Å²) in [6.45, 7) is 9.25. The Hall–Kier alpha value is -3.28. The van der Waals surface area contributed by atoms with Gasteiger partial charge in [0.1, 0.15) is 35.2 Å². The number of sulfonamides is 1. The number of hydrogen-bond donors (Lipinski definition) is 2. The van der Waals surface area contributed by atoms with Gasteiger partial charge in [0.2, 0.25) is 10.0 Å². The van der Waals surface area contributed by atoms with E-state index in [1.165, 1.54) is 9.87 Å². The molecule has 0 radical (unpaired) electrons. The summed E-state index contributed by atoms with van der Waals surface area (Å²) in [5.74, 6) is 1.83. The third-order valence-electron chi connectivity index (χ3n) is 8.90. The molecule has 1 aromatic carbocycles. The number of rotatable bonds is 4. The predicted octanol–water partition coefficient (Wildman–Crippen LogP) is 2.63. The first-order valence-electron chi connectivity index (χ1n) is 13.9. The molecule has 10 nitrogen and oxygen atoms in total. The molecule has 2 saturated heterocycles. The van der Waals surface area contributed by atoms with Gasteiger partial charge in [0.05, 0.1) is 6.54 Å². The van der Waals surface area contributed by atoms with Crippen molar-refractivity contribution in [3.8, 4) is 16.9 Å². The molecule has 3 aliphatic heterocycles. The number of benzene rings is 1. The van der Waals surface area contributed by atoms with Crippen molar-refractivity contribution in [1.82, 2.24) is 24.6 Å². The summed E-state index contributed by atoms with van der Waals surface area (Å²) >= 11 is 0. The molecule has 0 unspecified atom stereocenters. The Bertz CT molecular complexity index is 1600. The number of nitrogens with zero attached hydrogens (tertiary/aromatic N) is 5. The van der Waals surface area contributed by atoms with Crippen LogP contribution in [-0.2, 0) is 29.4 Å². The van der Waals surface area contributed by atoms with Gasteiger partial charge in [-0.1, -0.05) is 19.9 Å². The number of anilines is 2. The molecule has 5 heterocycles. The van der Waals surface area contributed by atoms with Crippen molar-refractivity contribution in [3.63, 3.8) is 0 Å². The number of aromatic nitrogens is 3. The van der Waals surface area contributed by atoms with Crippen LogP contribution in [0.3, 0.4) is 0 Å². The van der Waals surface area contributed by atoms with Crippen LogP contribution < -0.4 is 20.7 Å². The zero-order valence-electron chi connectivity index (χ0n) is 23.0. The van der Waals surface area contributed by atoms with E-state index in [9.17, 15) is 8.42 Å². The lowest BCUT2D eigenvalue weighted by atomic mass is 9.76. The minimum Gasteiger partial charge on any atom is -0.491 e. The summed E-state index contributed by atoms with van der Waals surface area (Å²) in [4.78, 5) is 16.0. The molecule has 3 N–H and O–H groups in total. The Morgan fingerprint density at radius 1 is 1.07 bits per heavy atom. The molecule has 0 amide bonds. The Balaban J connectivity index is 1.19. The highest BCUT2D eigenvalue weighted by Crippen LogP contribution is 2.41. The first kappa shape index (κ1) is 25.7. The van der Waals surface area contributed by atoms with E-state index < -0.39 is 10.0 Å². The molecule has 0 atom stereocenters. The largest absolute Gasteiger partial charge is 0.491 e. The zero-order chi connectivity index (χ0) is 27.7. The maximum absolute atomic E-state index is 13.4. The van der Waals surface area contributed by atoms with Gasteiger partial charge in [-0.15, -0.1) is 0 Å². The van der Waals surface area contributed by atoms with Gasteiger partial charge in [-0.3, -0.25) is 0 Å². The number of pyridine rings is 1. The summed E-state index contributed by atoms with van der Waals surface area (Å²) in [6.07, 6.45) is 6.36. The SMILES string of the molecule is CC1(C)CCc2ncnc(N3CCOc4ccc(-c5cnc(N)c(S(=O)(=O)N6CC7(CNC7)C6)c5)cc4C3)c2C1. The van der Waals surface area contributed by atoms with Gasteiger partial charge in [-0.05, 0) is 48.4 Å². The third-order valence-corrected chi connectivity index (χ3v) is 10.7. The number of aryl methyl sites for hydroxylation is 1. The number of nitrogen functional groups attached to an aromatic ring is 1. The van der Waals surface area contributed by atoms with Crippen molar-refractivity contribution in [2.45, 2.75) is 44.6 Å². The third kappa shape index (κ3) is 4.31. The number of nitrogens with two attached hydrogens (primary N) is 1. The fourth-order valence-corrected chi connectivity index (χ4v) is 8.18. The Labute approximate surface area is 235 Å². The molecule has 3 aromatic rings. The van der Waals surface area contributed by atoms with E-state index in [1.807, 2.05) is 12.1 Å². The quantitative estimate of drug-likeness (QED) is 0.494. The fourth-order valence-electron chi connectivity index (χ4n) is 6.42. The van der Waals surface area contributed by atoms with Gasteiger partial charge >= 0.3 is 0 Å². The molecule has 210 valence electrons. The molecule has 2 aromatic heterocycles. The van der Waals surface area contributed by atoms with E-state index in [0.717, 1.165) is 60.7 Å². The minimum absolute atomic E-state index is 0.0252. The van der Waals surface area contributed by atoms with Crippen molar-refractivity contribution in [1.29, 1.82) is 0 Å². The van der Waals surface area contributed by atoms with Crippen LogP contribution in [0.4, 0.5) is 11.6 Å². The number of hydrogen-bond acceptors (Lipinski definition) is 9. The molecular formula is C29H35N7O3S. The second kappa shape index (κ2) is 9.12. The van der Waals surface area contributed by atoms with Crippen LogP contribution in [0.2, 0.25) is 0 Å². The Morgan fingerprint density at radius 3 is 2.67 bits per heavy atom.